The molecule has 2 aromatic rings. The first-order valence-corrected chi connectivity index (χ1v) is 5.52. The average molecular weight is 220 g/mol. The van der Waals surface area contributed by atoms with Crippen LogP contribution in [0.15, 0.2) is 29.4 Å². The molecule has 2 aromatic heterocycles. The van der Waals surface area contributed by atoms with Gasteiger partial charge >= 0.3 is 0 Å². The molecule has 1 atom stereocenters. The van der Waals surface area contributed by atoms with Crippen molar-refractivity contribution in [3.8, 4) is 0 Å². The second-order valence-electron chi connectivity index (χ2n) is 3.24. The Morgan fingerprint density at radius 2 is 2.27 bits per heavy atom. The summed E-state index contributed by atoms with van der Waals surface area (Å²) in [5.41, 5.74) is 5.97. The Bertz CT molecular complexity index is 426. The first-order valence-electron chi connectivity index (χ1n) is 4.57. The summed E-state index contributed by atoms with van der Waals surface area (Å²) in [6.07, 6.45) is 5.04. The van der Waals surface area contributed by atoms with Crippen LogP contribution >= 0.6 is 11.3 Å². The molecule has 0 bridgehead atoms. The van der Waals surface area contributed by atoms with E-state index in [0.717, 1.165) is 11.3 Å². The van der Waals surface area contributed by atoms with Gasteiger partial charge < -0.3 is 0 Å². The van der Waals surface area contributed by atoms with Crippen molar-refractivity contribution in [3.05, 3.63) is 46.2 Å². The van der Waals surface area contributed by atoms with E-state index < -0.39 is 0 Å². The van der Waals surface area contributed by atoms with Gasteiger partial charge in [-0.05, 0) is 28.8 Å². The molecular weight excluding hydrogens is 208 g/mol. The first kappa shape index (κ1) is 10.2. The van der Waals surface area contributed by atoms with E-state index in [1.807, 2.05) is 0 Å². The quantitative estimate of drug-likeness (QED) is 0.606. The van der Waals surface area contributed by atoms with Gasteiger partial charge in [0, 0.05) is 12.4 Å². The van der Waals surface area contributed by atoms with Crippen LogP contribution in [0.4, 0.5) is 0 Å². The van der Waals surface area contributed by atoms with Gasteiger partial charge in [0.2, 0.25) is 0 Å². The van der Waals surface area contributed by atoms with Gasteiger partial charge in [0.05, 0.1) is 17.9 Å². The van der Waals surface area contributed by atoms with Gasteiger partial charge in [0.15, 0.2) is 0 Å². The minimum atomic E-state index is -0.0788. The van der Waals surface area contributed by atoms with Crippen LogP contribution in [0, 0.1) is 6.92 Å². The Morgan fingerprint density at radius 3 is 2.80 bits per heavy atom. The second kappa shape index (κ2) is 4.48. The maximum absolute atomic E-state index is 5.55. The fourth-order valence-electron chi connectivity index (χ4n) is 1.46. The molecular formula is C10H12N4S. The fraction of sp³-hybridized carbons (Fsp3) is 0.200. The Kier molecular flexibility index (Phi) is 3.05. The van der Waals surface area contributed by atoms with Gasteiger partial charge in [-0.25, -0.2) is 5.43 Å². The van der Waals surface area contributed by atoms with Gasteiger partial charge in [0.25, 0.3) is 0 Å². The van der Waals surface area contributed by atoms with Crippen LogP contribution in [0.3, 0.4) is 0 Å². The van der Waals surface area contributed by atoms with Gasteiger partial charge in [-0.2, -0.15) is 11.3 Å². The van der Waals surface area contributed by atoms with Crippen LogP contribution in [0.25, 0.3) is 0 Å². The lowest BCUT2D eigenvalue weighted by Gasteiger charge is -2.14. The molecule has 5 heteroatoms. The Hall–Kier alpha value is -1.30. The number of aryl methyl sites for hydroxylation is 1. The van der Waals surface area contributed by atoms with E-state index in [4.69, 9.17) is 5.84 Å². The molecule has 0 amide bonds. The standard InChI is InChI=1S/C10H12N4S/c1-7-5-15-6-8(7)10(14-11)9-4-12-2-3-13-9/h2-6,10,14H,11H2,1H3. The summed E-state index contributed by atoms with van der Waals surface area (Å²) < 4.78 is 0. The molecule has 0 aromatic carbocycles. The predicted octanol–water partition coefficient (Wildman–Crippen LogP) is 1.40. The molecule has 3 N–H and O–H groups in total. The van der Waals surface area contributed by atoms with Gasteiger partial charge in [-0.3, -0.25) is 15.8 Å². The van der Waals surface area contributed by atoms with Gasteiger partial charge in [-0.1, -0.05) is 0 Å². The van der Waals surface area contributed by atoms with E-state index >= 15 is 0 Å². The molecule has 78 valence electrons. The molecule has 0 fully saturated rings. The summed E-state index contributed by atoms with van der Waals surface area (Å²) in [4.78, 5) is 8.29. The second-order valence-corrected chi connectivity index (χ2v) is 3.98. The van der Waals surface area contributed by atoms with Crippen LogP contribution in [0.1, 0.15) is 22.9 Å². The molecule has 4 nitrogen and oxygen atoms in total. The summed E-state index contributed by atoms with van der Waals surface area (Å²) >= 11 is 1.66. The SMILES string of the molecule is Cc1cscc1C(NN)c1cnccn1. The highest BCUT2D eigenvalue weighted by Gasteiger charge is 2.16. The molecule has 0 saturated carbocycles. The summed E-state index contributed by atoms with van der Waals surface area (Å²) in [5.74, 6) is 5.55. The number of rotatable bonds is 3. The Labute approximate surface area is 92.2 Å². The summed E-state index contributed by atoms with van der Waals surface area (Å²) in [7, 11) is 0. The van der Waals surface area contributed by atoms with Crippen molar-refractivity contribution in [3.63, 3.8) is 0 Å². The number of thiophene rings is 1. The molecule has 15 heavy (non-hydrogen) atoms. The number of aromatic nitrogens is 2. The van der Waals surface area contributed by atoms with E-state index in [2.05, 4.69) is 33.1 Å². The van der Waals surface area contributed by atoms with E-state index in [-0.39, 0.29) is 6.04 Å². The van der Waals surface area contributed by atoms with Crippen LogP contribution in [-0.4, -0.2) is 9.97 Å². The zero-order valence-electron chi connectivity index (χ0n) is 8.34. The summed E-state index contributed by atoms with van der Waals surface area (Å²) in [6, 6.07) is -0.0788. The molecule has 2 heterocycles. The number of hydrogen-bond donors (Lipinski definition) is 2. The maximum atomic E-state index is 5.55. The minimum absolute atomic E-state index is 0.0788. The normalized spacial score (nSPS) is 12.7. The summed E-state index contributed by atoms with van der Waals surface area (Å²) in [5, 5.41) is 4.17. The Balaban J connectivity index is 2.37. The number of nitrogens with two attached hydrogens (primary N) is 1. The van der Waals surface area contributed by atoms with E-state index in [0.29, 0.717) is 0 Å². The monoisotopic (exact) mass is 220 g/mol. The largest absolute Gasteiger partial charge is 0.271 e. The topological polar surface area (TPSA) is 63.8 Å². The smallest absolute Gasteiger partial charge is 0.0907 e. The van der Waals surface area contributed by atoms with E-state index in [9.17, 15) is 0 Å². The third-order valence-electron chi connectivity index (χ3n) is 2.25. The molecule has 0 spiro atoms. The Morgan fingerprint density at radius 1 is 1.40 bits per heavy atom. The molecule has 0 aliphatic rings. The third-order valence-corrected chi connectivity index (χ3v) is 3.13. The average Bonchev–Trinajstić information content (AvgIpc) is 2.68. The highest BCUT2D eigenvalue weighted by molar-refractivity contribution is 7.08. The lowest BCUT2D eigenvalue weighted by atomic mass is 10.0. The number of hydrazine groups is 1. The maximum Gasteiger partial charge on any atom is 0.0907 e. The van der Waals surface area contributed by atoms with Crippen molar-refractivity contribution in [2.75, 3.05) is 0 Å². The molecule has 0 radical (unpaired) electrons. The summed E-state index contributed by atoms with van der Waals surface area (Å²) in [6.45, 7) is 2.06. The van der Waals surface area contributed by atoms with Crippen molar-refractivity contribution in [1.29, 1.82) is 0 Å². The molecule has 0 aliphatic carbocycles. The van der Waals surface area contributed by atoms with Gasteiger partial charge in [-0.15, -0.1) is 0 Å². The van der Waals surface area contributed by atoms with Crippen molar-refractivity contribution in [2.24, 2.45) is 5.84 Å². The van der Waals surface area contributed by atoms with Crippen molar-refractivity contribution in [1.82, 2.24) is 15.4 Å². The van der Waals surface area contributed by atoms with Crippen molar-refractivity contribution in [2.45, 2.75) is 13.0 Å². The zero-order chi connectivity index (χ0) is 10.7. The molecule has 2 rings (SSSR count). The van der Waals surface area contributed by atoms with Crippen LogP contribution in [-0.2, 0) is 0 Å². The van der Waals surface area contributed by atoms with Crippen LogP contribution in [0.2, 0.25) is 0 Å². The first-order chi connectivity index (χ1) is 7.33. The lowest BCUT2D eigenvalue weighted by Crippen LogP contribution is -2.29. The van der Waals surface area contributed by atoms with Crippen LogP contribution < -0.4 is 11.3 Å². The zero-order valence-corrected chi connectivity index (χ0v) is 9.16. The molecule has 1 unspecified atom stereocenters. The van der Waals surface area contributed by atoms with Gasteiger partial charge in [0.1, 0.15) is 0 Å². The third kappa shape index (κ3) is 2.04. The highest BCUT2D eigenvalue weighted by Crippen LogP contribution is 2.25. The van der Waals surface area contributed by atoms with Crippen LogP contribution in [0.5, 0.6) is 0 Å². The van der Waals surface area contributed by atoms with E-state index in [1.165, 1.54) is 5.56 Å². The minimum Gasteiger partial charge on any atom is -0.271 e. The molecule has 0 saturated heterocycles. The predicted molar refractivity (Wildman–Crippen MR) is 60.3 cm³/mol. The van der Waals surface area contributed by atoms with E-state index in [1.54, 1.807) is 29.9 Å². The van der Waals surface area contributed by atoms with Crippen molar-refractivity contribution < 1.29 is 0 Å². The number of nitrogens with zero attached hydrogens (tertiary/aromatic N) is 2. The number of nitrogens with one attached hydrogen (secondary N) is 1. The highest BCUT2D eigenvalue weighted by atomic mass is 32.1. The van der Waals surface area contributed by atoms with Crippen molar-refractivity contribution >= 4 is 11.3 Å². The molecule has 0 aliphatic heterocycles. The lowest BCUT2D eigenvalue weighted by molar-refractivity contribution is 0.617. The number of hydrogen-bond acceptors (Lipinski definition) is 5. The fourth-order valence-corrected chi connectivity index (χ4v) is 2.34.